The lowest BCUT2D eigenvalue weighted by molar-refractivity contribution is -0.115. The summed E-state index contributed by atoms with van der Waals surface area (Å²) in [5.74, 6) is 0.629. The molecule has 0 heterocycles. The molecule has 0 bridgehead atoms. The molecule has 1 atom stereocenters. The van der Waals surface area contributed by atoms with E-state index in [-0.39, 0.29) is 5.91 Å². The Morgan fingerprint density at radius 1 is 1.26 bits per heavy atom. The van der Waals surface area contributed by atoms with Gasteiger partial charge >= 0.3 is 0 Å². The third-order valence-electron chi connectivity index (χ3n) is 3.43. The van der Waals surface area contributed by atoms with Gasteiger partial charge in [0.25, 0.3) is 0 Å². The van der Waals surface area contributed by atoms with Crippen molar-refractivity contribution in [3.05, 3.63) is 23.8 Å². The summed E-state index contributed by atoms with van der Waals surface area (Å²) in [6, 6.07) is 6.47. The van der Waals surface area contributed by atoms with E-state index in [2.05, 4.69) is 38.3 Å². The predicted molar refractivity (Wildman–Crippen MR) is 82.6 cm³/mol. The van der Waals surface area contributed by atoms with Gasteiger partial charge in [-0.3, -0.25) is 4.79 Å². The second-order valence-electron chi connectivity index (χ2n) is 5.33. The van der Waals surface area contributed by atoms with Crippen molar-refractivity contribution in [3.63, 3.8) is 0 Å². The number of amides is 1. The van der Waals surface area contributed by atoms with Crippen LogP contribution < -0.4 is 10.6 Å². The Morgan fingerprint density at radius 2 is 1.95 bits per heavy atom. The Hall–Kier alpha value is -1.51. The lowest BCUT2D eigenvalue weighted by atomic mass is 10.0. The first-order valence-corrected chi connectivity index (χ1v) is 7.14. The van der Waals surface area contributed by atoms with Crippen molar-refractivity contribution in [2.24, 2.45) is 5.92 Å². The van der Waals surface area contributed by atoms with Crippen LogP contribution in [0.5, 0.6) is 0 Å². The topological polar surface area (TPSA) is 41.1 Å². The Morgan fingerprint density at radius 3 is 2.47 bits per heavy atom. The molecule has 3 nitrogen and oxygen atoms in total. The van der Waals surface area contributed by atoms with Gasteiger partial charge in [0, 0.05) is 23.8 Å². The highest BCUT2D eigenvalue weighted by Gasteiger charge is 2.12. The van der Waals surface area contributed by atoms with Crippen molar-refractivity contribution in [2.75, 3.05) is 10.6 Å². The average Bonchev–Trinajstić information content (AvgIpc) is 2.38. The lowest BCUT2D eigenvalue weighted by Crippen LogP contribution is -2.25. The summed E-state index contributed by atoms with van der Waals surface area (Å²) in [6.07, 6.45) is 1.59. The lowest BCUT2D eigenvalue weighted by Gasteiger charge is -2.23. The molecule has 2 N–H and O–H groups in total. The van der Waals surface area contributed by atoms with Gasteiger partial charge in [-0.2, -0.15) is 0 Å². The Bertz CT molecular complexity index is 427. The second kappa shape index (κ2) is 7.17. The standard InChI is InChI=1S/C16H26N2O/c1-6-14(11(3)4)18-15-10-13(9-8-12(15)5)17-16(19)7-2/h8-11,14,18H,6-7H2,1-5H3,(H,17,19). The number of hydrogen-bond acceptors (Lipinski definition) is 2. The van der Waals surface area contributed by atoms with Gasteiger partial charge in [-0.25, -0.2) is 0 Å². The molecule has 0 radical (unpaired) electrons. The fourth-order valence-electron chi connectivity index (χ4n) is 2.04. The molecule has 0 spiro atoms. The quantitative estimate of drug-likeness (QED) is 0.807. The van der Waals surface area contributed by atoms with Crippen molar-refractivity contribution < 1.29 is 4.79 Å². The molecule has 1 aromatic rings. The first-order valence-electron chi connectivity index (χ1n) is 7.14. The minimum atomic E-state index is 0.0469. The van der Waals surface area contributed by atoms with Crippen LogP contribution in [0.15, 0.2) is 18.2 Å². The zero-order valence-corrected chi connectivity index (χ0v) is 12.7. The number of aryl methyl sites for hydroxylation is 1. The number of benzene rings is 1. The highest BCUT2D eigenvalue weighted by Crippen LogP contribution is 2.23. The van der Waals surface area contributed by atoms with Crippen molar-refractivity contribution >= 4 is 17.3 Å². The van der Waals surface area contributed by atoms with Crippen LogP contribution in [0.1, 0.15) is 46.1 Å². The Labute approximate surface area is 116 Å². The summed E-state index contributed by atoms with van der Waals surface area (Å²) < 4.78 is 0. The third-order valence-corrected chi connectivity index (χ3v) is 3.43. The molecule has 0 saturated carbocycles. The van der Waals surface area contributed by atoms with Crippen LogP contribution in [0.3, 0.4) is 0 Å². The van der Waals surface area contributed by atoms with Crippen LogP contribution in [-0.2, 0) is 4.79 Å². The maximum atomic E-state index is 11.4. The van der Waals surface area contributed by atoms with Crippen molar-refractivity contribution in [1.29, 1.82) is 0 Å². The van der Waals surface area contributed by atoms with Crippen LogP contribution in [0, 0.1) is 12.8 Å². The summed E-state index contributed by atoms with van der Waals surface area (Å²) >= 11 is 0. The zero-order valence-electron chi connectivity index (χ0n) is 12.7. The number of rotatable bonds is 6. The summed E-state index contributed by atoms with van der Waals surface area (Å²) in [7, 11) is 0. The molecule has 3 heteroatoms. The van der Waals surface area contributed by atoms with Gasteiger partial charge in [0.15, 0.2) is 0 Å². The minimum absolute atomic E-state index is 0.0469. The molecule has 0 aliphatic heterocycles. The van der Waals surface area contributed by atoms with Crippen LogP contribution in [0.2, 0.25) is 0 Å². The van der Waals surface area contributed by atoms with E-state index < -0.39 is 0 Å². The van der Waals surface area contributed by atoms with Crippen LogP contribution in [0.4, 0.5) is 11.4 Å². The molecule has 1 unspecified atom stereocenters. The molecule has 106 valence electrons. The van der Waals surface area contributed by atoms with E-state index >= 15 is 0 Å². The molecular formula is C16H26N2O. The van der Waals surface area contributed by atoms with Crippen molar-refractivity contribution in [1.82, 2.24) is 0 Å². The largest absolute Gasteiger partial charge is 0.382 e. The monoisotopic (exact) mass is 262 g/mol. The second-order valence-corrected chi connectivity index (χ2v) is 5.33. The Balaban J connectivity index is 2.87. The van der Waals surface area contributed by atoms with E-state index in [1.54, 1.807) is 0 Å². The molecule has 0 saturated heterocycles. The summed E-state index contributed by atoms with van der Waals surface area (Å²) in [5, 5.41) is 6.48. The van der Waals surface area contributed by atoms with E-state index in [0.717, 1.165) is 17.8 Å². The number of carbonyl (C=O) groups excluding carboxylic acids is 1. The predicted octanol–water partition coefficient (Wildman–Crippen LogP) is 4.19. The molecule has 1 aromatic carbocycles. The molecule has 0 aromatic heterocycles. The highest BCUT2D eigenvalue weighted by molar-refractivity contribution is 5.91. The van der Waals surface area contributed by atoms with Gasteiger partial charge < -0.3 is 10.6 Å². The van der Waals surface area contributed by atoms with Gasteiger partial charge in [0.05, 0.1) is 0 Å². The van der Waals surface area contributed by atoms with E-state index in [1.165, 1.54) is 5.56 Å². The third kappa shape index (κ3) is 4.58. The highest BCUT2D eigenvalue weighted by atomic mass is 16.1. The number of carbonyl (C=O) groups is 1. The van der Waals surface area contributed by atoms with Crippen LogP contribution in [-0.4, -0.2) is 11.9 Å². The first-order chi connectivity index (χ1) is 8.97. The number of nitrogens with one attached hydrogen (secondary N) is 2. The maximum Gasteiger partial charge on any atom is 0.224 e. The van der Waals surface area contributed by atoms with Gasteiger partial charge in [0.2, 0.25) is 5.91 Å². The SMILES string of the molecule is CCC(=O)Nc1ccc(C)c(NC(CC)C(C)C)c1. The van der Waals surface area contributed by atoms with Gasteiger partial charge in [0.1, 0.15) is 0 Å². The minimum Gasteiger partial charge on any atom is -0.382 e. The van der Waals surface area contributed by atoms with Crippen LogP contribution in [0.25, 0.3) is 0 Å². The molecule has 1 amide bonds. The molecule has 0 fully saturated rings. The smallest absolute Gasteiger partial charge is 0.224 e. The fraction of sp³-hybridized carbons (Fsp3) is 0.562. The molecule has 0 aliphatic rings. The van der Waals surface area contributed by atoms with E-state index in [4.69, 9.17) is 0 Å². The fourth-order valence-corrected chi connectivity index (χ4v) is 2.04. The molecule has 19 heavy (non-hydrogen) atoms. The van der Waals surface area contributed by atoms with Crippen molar-refractivity contribution in [3.8, 4) is 0 Å². The normalized spacial score (nSPS) is 12.3. The molecule has 1 rings (SSSR count). The summed E-state index contributed by atoms with van der Waals surface area (Å²) in [6.45, 7) is 10.6. The van der Waals surface area contributed by atoms with Crippen LogP contribution >= 0.6 is 0 Å². The molecular weight excluding hydrogens is 236 g/mol. The van der Waals surface area contributed by atoms with E-state index in [9.17, 15) is 4.79 Å². The van der Waals surface area contributed by atoms with Gasteiger partial charge in [-0.1, -0.05) is 33.8 Å². The zero-order chi connectivity index (χ0) is 14.4. The van der Waals surface area contributed by atoms with E-state index in [0.29, 0.717) is 18.4 Å². The number of anilines is 2. The van der Waals surface area contributed by atoms with Crippen molar-refractivity contribution in [2.45, 2.75) is 53.5 Å². The number of hydrogen-bond donors (Lipinski definition) is 2. The maximum absolute atomic E-state index is 11.4. The summed E-state index contributed by atoms with van der Waals surface area (Å²) in [4.78, 5) is 11.4. The van der Waals surface area contributed by atoms with Gasteiger partial charge in [-0.05, 0) is 37.0 Å². The average molecular weight is 262 g/mol. The molecule has 0 aliphatic carbocycles. The van der Waals surface area contributed by atoms with Gasteiger partial charge in [-0.15, -0.1) is 0 Å². The first kappa shape index (κ1) is 15.5. The van der Waals surface area contributed by atoms with E-state index in [1.807, 2.05) is 25.1 Å². The summed E-state index contributed by atoms with van der Waals surface area (Å²) in [5.41, 5.74) is 3.17. The Kier molecular flexibility index (Phi) is 5.87.